The van der Waals surface area contributed by atoms with E-state index in [0.717, 1.165) is 23.2 Å². The molecule has 1 atom stereocenters. The summed E-state index contributed by atoms with van der Waals surface area (Å²) in [6.07, 6.45) is 4.79. The number of halogens is 1. The number of likely N-dealkylation sites (tertiary alicyclic amines) is 1. The van der Waals surface area contributed by atoms with Gasteiger partial charge in [-0.15, -0.1) is 0 Å². The fourth-order valence-corrected chi connectivity index (χ4v) is 4.19. The average Bonchev–Trinajstić information content (AvgIpc) is 3.14. The van der Waals surface area contributed by atoms with E-state index in [1.807, 2.05) is 30.3 Å². The molecule has 2 heterocycles. The number of benzene rings is 2. The molecule has 0 aliphatic carbocycles. The fourth-order valence-electron chi connectivity index (χ4n) is 4.19. The Morgan fingerprint density at radius 1 is 1.07 bits per heavy atom. The zero-order valence-corrected chi connectivity index (χ0v) is 16.2. The van der Waals surface area contributed by atoms with Gasteiger partial charge in [0.1, 0.15) is 5.82 Å². The van der Waals surface area contributed by atoms with Gasteiger partial charge in [-0.05, 0) is 54.3 Å². The predicted molar refractivity (Wildman–Crippen MR) is 111 cm³/mol. The molecule has 0 unspecified atom stereocenters. The molecule has 1 aromatic heterocycles. The van der Waals surface area contributed by atoms with Gasteiger partial charge in [-0.1, -0.05) is 42.5 Å². The van der Waals surface area contributed by atoms with Crippen molar-refractivity contribution in [2.75, 3.05) is 13.1 Å². The van der Waals surface area contributed by atoms with Crippen molar-refractivity contribution in [2.24, 2.45) is 11.1 Å². The summed E-state index contributed by atoms with van der Waals surface area (Å²) < 4.78 is 14.0. The molecule has 4 nitrogen and oxygen atoms in total. The second-order valence-corrected chi connectivity index (χ2v) is 7.81. The van der Waals surface area contributed by atoms with Gasteiger partial charge in [-0.2, -0.15) is 0 Å². The van der Waals surface area contributed by atoms with Crippen LogP contribution in [0.15, 0.2) is 73.1 Å². The Morgan fingerprint density at radius 2 is 1.86 bits per heavy atom. The Balaban J connectivity index is 1.53. The Morgan fingerprint density at radius 3 is 2.62 bits per heavy atom. The lowest BCUT2D eigenvalue weighted by Crippen LogP contribution is -2.41. The van der Waals surface area contributed by atoms with Gasteiger partial charge in [0.15, 0.2) is 0 Å². The van der Waals surface area contributed by atoms with E-state index in [1.54, 1.807) is 24.5 Å². The van der Waals surface area contributed by atoms with E-state index in [9.17, 15) is 9.18 Å². The number of pyridine rings is 1. The Bertz CT molecular complexity index is 1010. The molecule has 0 bridgehead atoms. The maximum absolute atomic E-state index is 14.0. The highest BCUT2D eigenvalue weighted by atomic mass is 19.1. The van der Waals surface area contributed by atoms with Crippen molar-refractivity contribution in [3.63, 3.8) is 0 Å². The Kier molecular flexibility index (Phi) is 5.41. The Hall–Kier alpha value is -3.05. The van der Waals surface area contributed by atoms with Crippen molar-refractivity contribution in [1.82, 2.24) is 9.88 Å². The van der Waals surface area contributed by atoms with Crippen molar-refractivity contribution >= 4 is 5.91 Å². The molecule has 0 radical (unpaired) electrons. The predicted octanol–water partition coefficient (Wildman–Crippen LogP) is 3.81. The lowest BCUT2D eigenvalue weighted by molar-refractivity contribution is -0.127. The zero-order chi connectivity index (χ0) is 20.3. The Labute approximate surface area is 170 Å². The second-order valence-electron chi connectivity index (χ2n) is 7.81. The van der Waals surface area contributed by atoms with Crippen LogP contribution >= 0.6 is 0 Å². The quantitative estimate of drug-likeness (QED) is 0.697. The highest BCUT2D eigenvalue weighted by Crippen LogP contribution is 2.36. The first-order chi connectivity index (χ1) is 14.1. The highest BCUT2D eigenvalue weighted by molar-refractivity contribution is 5.82. The van der Waals surface area contributed by atoms with E-state index in [4.69, 9.17) is 5.73 Å². The largest absolute Gasteiger partial charge is 0.369 e. The summed E-state index contributed by atoms with van der Waals surface area (Å²) >= 11 is 0. The molecule has 1 aliphatic heterocycles. The standard InChI is InChI=1S/C24H24FN3O/c25-22-7-2-1-5-21(22)16-28-13-10-24(17-28,23(26)29)15-18-4-3-6-20(14-18)19-8-11-27-12-9-19/h1-9,11-12,14H,10,13,15-17H2,(H2,26,29)/t24-/m0/s1. The summed E-state index contributed by atoms with van der Waals surface area (Å²) in [5.74, 6) is -0.503. The number of primary amides is 1. The van der Waals surface area contributed by atoms with Gasteiger partial charge in [-0.25, -0.2) is 4.39 Å². The van der Waals surface area contributed by atoms with Crippen LogP contribution in [0.5, 0.6) is 0 Å². The van der Waals surface area contributed by atoms with E-state index in [-0.39, 0.29) is 11.7 Å². The van der Waals surface area contributed by atoms with Crippen LogP contribution in [-0.4, -0.2) is 28.9 Å². The molecule has 1 saturated heterocycles. The maximum Gasteiger partial charge on any atom is 0.225 e. The first-order valence-electron chi connectivity index (χ1n) is 9.81. The molecule has 4 rings (SSSR count). The number of hydrogen-bond acceptors (Lipinski definition) is 3. The molecule has 1 amide bonds. The number of hydrogen-bond donors (Lipinski definition) is 1. The number of amides is 1. The summed E-state index contributed by atoms with van der Waals surface area (Å²) in [6, 6.07) is 18.9. The zero-order valence-electron chi connectivity index (χ0n) is 16.2. The van der Waals surface area contributed by atoms with E-state index < -0.39 is 5.41 Å². The van der Waals surface area contributed by atoms with Crippen molar-refractivity contribution in [3.05, 3.63) is 90.0 Å². The topological polar surface area (TPSA) is 59.2 Å². The number of nitrogens with zero attached hydrogens (tertiary/aromatic N) is 2. The van der Waals surface area contributed by atoms with Crippen LogP contribution in [0.2, 0.25) is 0 Å². The summed E-state index contributed by atoms with van der Waals surface area (Å²) in [5.41, 5.74) is 9.13. The molecule has 2 aromatic carbocycles. The van der Waals surface area contributed by atoms with Crippen LogP contribution in [0.25, 0.3) is 11.1 Å². The van der Waals surface area contributed by atoms with Gasteiger partial charge in [0.05, 0.1) is 5.41 Å². The fraction of sp³-hybridized carbons (Fsp3) is 0.250. The third-order valence-electron chi connectivity index (χ3n) is 5.79. The lowest BCUT2D eigenvalue weighted by atomic mass is 9.79. The van der Waals surface area contributed by atoms with Crippen LogP contribution in [0.4, 0.5) is 4.39 Å². The summed E-state index contributed by atoms with van der Waals surface area (Å²) in [7, 11) is 0. The molecule has 0 spiro atoms. The van der Waals surface area contributed by atoms with Gasteiger partial charge in [0.25, 0.3) is 0 Å². The van der Waals surface area contributed by atoms with Gasteiger partial charge in [0, 0.05) is 31.0 Å². The normalized spacial score (nSPS) is 19.3. The minimum atomic E-state index is -0.637. The maximum atomic E-state index is 14.0. The number of aromatic nitrogens is 1. The van der Waals surface area contributed by atoms with Crippen LogP contribution in [-0.2, 0) is 17.8 Å². The van der Waals surface area contributed by atoms with Gasteiger partial charge in [0.2, 0.25) is 5.91 Å². The summed E-state index contributed by atoms with van der Waals surface area (Å²) in [6.45, 7) is 1.75. The third-order valence-corrected chi connectivity index (χ3v) is 5.79. The molecule has 0 saturated carbocycles. The number of rotatable bonds is 6. The minimum absolute atomic E-state index is 0.214. The van der Waals surface area contributed by atoms with Crippen molar-refractivity contribution in [2.45, 2.75) is 19.4 Å². The average molecular weight is 389 g/mol. The molecule has 29 heavy (non-hydrogen) atoms. The van der Waals surface area contributed by atoms with Gasteiger partial charge in [-0.3, -0.25) is 14.7 Å². The van der Waals surface area contributed by atoms with Gasteiger partial charge < -0.3 is 5.73 Å². The van der Waals surface area contributed by atoms with Crippen molar-refractivity contribution in [1.29, 1.82) is 0 Å². The van der Waals surface area contributed by atoms with Crippen LogP contribution < -0.4 is 5.73 Å². The van der Waals surface area contributed by atoms with Crippen LogP contribution in [0.1, 0.15) is 17.5 Å². The summed E-state index contributed by atoms with van der Waals surface area (Å²) in [4.78, 5) is 18.6. The van der Waals surface area contributed by atoms with Crippen molar-refractivity contribution < 1.29 is 9.18 Å². The second kappa shape index (κ2) is 8.13. The monoisotopic (exact) mass is 389 g/mol. The highest BCUT2D eigenvalue weighted by Gasteiger charge is 2.43. The molecular formula is C24H24FN3O. The SMILES string of the molecule is NC(=O)[C@]1(Cc2cccc(-c3ccncc3)c2)CCN(Cc2ccccc2F)C1. The van der Waals surface area contributed by atoms with Gasteiger partial charge >= 0.3 is 0 Å². The molecule has 1 fully saturated rings. The number of carbonyl (C=O) groups is 1. The third kappa shape index (κ3) is 4.20. The van der Waals surface area contributed by atoms with Crippen molar-refractivity contribution in [3.8, 4) is 11.1 Å². The molecule has 1 aliphatic rings. The molecule has 2 N–H and O–H groups in total. The molecule has 148 valence electrons. The minimum Gasteiger partial charge on any atom is -0.369 e. The molecule has 5 heteroatoms. The first-order valence-corrected chi connectivity index (χ1v) is 9.81. The smallest absolute Gasteiger partial charge is 0.225 e. The van der Waals surface area contributed by atoms with E-state index in [0.29, 0.717) is 31.5 Å². The molecular weight excluding hydrogens is 365 g/mol. The summed E-state index contributed by atoms with van der Waals surface area (Å²) in [5, 5.41) is 0. The number of nitrogens with two attached hydrogens (primary N) is 1. The first kappa shape index (κ1) is 19.3. The van der Waals surface area contributed by atoms with Crippen LogP contribution in [0.3, 0.4) is 0 Å². The van der Waals surface area contributed by atoms with Crippen LogP contribution in [0, 0.1) is 11.2 Å². The van der Waals surface area contributed by atoms with E-state index in [2.05, 4.69) is 22.0 Å². The number of carbonyl (C=O) groups excluding carboxylic acids is 1. The lowest BCUT2D eigenvalue weighted by Gasteiger charge is -2.26. The van der Waals surface area contributed by atoms with E-state index in [1.165, 1.54) is 6.07 Å². The van der Waals surface area contributed by atoms with E-state index >= 15 is 0 Å². The molecule has 3 aromatic rings.